The molecule has 30 heteroatoms. The summed E-state index contributed by atoms with van der Waals surface area (Å²) in [5.74, 6) is -3.35. The van der Waals surface area contributed by atoms with Crippen LogP contribution in [-0.4, -0.2) is 103 Å². The molecule has 692 valence electrons. The Kier molecular flexibility index (Phi) is 23.7. The van der Waals surface area contributed by atoms with Crippen LogP contribution in [0.4, 0.5) is 39.5 Å². The van der Waals surface area contributed by atoms with Crippen molar-refractivity contribution >= 4 is 109 Å². The number of nitrogens with zero attached hydrogens (tertiary/aromatic N) is 21. The number of hydrogen-bond acceptors (Lipinski definition) is 16. The molecule has 10 aromatic carbocycles. The van der Waals surface area contributed by atoms with Crippen molar-refractivity contribution in [1.29, 1.82) is 0 Å². The van der Waals surface area contributed by atoms with Crippen LogP contribution in [0.15, 0.2) is 316 Å². The zero-order chi connectivity index (χ0) is 98.0. The molecule has 21 nitrogen and oxygen atoms in total. The second-order valence-corrected chi connectivity index (χ2v) is 33.7. The number of imidazole rings is 1. The minimum Gasteiger partial charge on any atom is -0.293 e. The van der Waals surface area contributed by atoms with Gasteiger partial charge in [-0.2, -0.15) is 20.4 Å². The van der Waals surface area contributed by atoms with Gasteiger partial charge in [0, 0.05) is 124 Å². The Morgan fingerprint density at radius 3 is 1.05 bits per heavy atom. The van der Waals surface area contributed by atoms with Crippen molar-refractivity contribution in [3.8, 4) is 85.0 Å². The Hall–Kier alpha value is -18.4. The number of fused-ring (bicyclic) bond motifs is 10. The van der Waals surface area contributed by atoms with E-state index in [1.807, 2.05) is 152 Å². The second kappa shape index (κ2) is 37.3. The van der Waals surface area contributed by atoms with Gasteiger partial charge in [0.1, 0.15) is 80.3 Å². The highest BCUT2D eigenvalue weighted by atomic mass is 19.2. The van der Waals surface area contributed by atoms with Crippen molar-refractivity contribution in [3.63, 3.8) is 0 Å². The highest BCUT2D eigenvalue weighted by molar-refractivity contribution is 5.99. The Bertz CT molecular complexity index is 9350. The molecule has 0 spiro atoms. The first-order valence-electron chi connectivity index (χ1n) is 44.9. The SMILES string of the molecule is Cc1cc2c(cn1)c(C)nn2-c1c(F)c(-c2ccccc2F)nc2ccccc12.Cc1cc2c(cn1)c(C)nn2-c1nc(-c2ccccc2F)nc2ccccc12.Cc1cc2c(cn1)cnn2-c1c(F)c(-c2ccccc2F)nc2ccccc12.Cc1cc2c(cnn2-c2c(F)c(-c3ccccc3F)nc3ccccc23)c(C)n1.Cc1nc2cnccc2n1-c1c(F)c(-c2ccccc2F)nc2ccccc12. The molecule has 0 aliphatic rings. The van der Waals surface area contributed by atoms with Crippen LogP contribution in [0.2, 0.25) is 0 Å². The molecule has 25 aromatic rings. The quantitative estimate of drug-likeness (QED) is 0.116. The molecule has 15 aromatic heterocycles. The fraction of sp³-hybridized carbons (Fsp3) is 0.0714. The summed E-state index contributed by atoms with van der Waals surface area (Å²) in [5.41, 5.74) is 14.9. The summed E-state index contributed by atoms with van der Waals surface area (Å²) in [6.45, 7) is 15.1. The number of rotatable bonds is 10. The first kappa shape index (κ1) is 90.1. The lowest BCUT2D eigenvalue weighted by atomic mass is 10.1. The van der Waals surface area contributed by atoms with Gasteiger partial charge in [-0.1, -0.05) is 146 Å². The van der Waals surface area contributed by atoms with Crippen LogP contribution in [0.3, 0.4) is 0 Å². The summed E-state index contributed by atoms with van der Waals surface area (Å²) in [4.78, 5) is 53.0. The number of benzene rings is 10. The van der Waals surface area contributed by atoms with Gasteiger partial charge in [0.05, 0.1) is 96.4 Å². The Morgan fingerprint density at radius 1 is 0.239 bits per heavy atom. The number of halogens is 9. The van der Waals surface area contributed by atoms with Crippen molar-refractivity contribution in [1.82, 2.24) is 103 Å². The molecule has 142 heavy (non-hydrogen) atoms. The van der Waals surface area contributed by atoms with Crippen molar-refractivity contribution in [2.24, 2.45) is 0 Å². The third kappa shape index (κ3) is 16.5. The molecular weight excluding hydrogens is 1810 g/mol. The largest absolute Gasteiger partial charge is 0.293 e. The van der Waals surface area contributed by atoms with E-state index in [0.717, 1.165) is 99.9 Å². The van der Waals surface area contributed by atoms with Gasteiger partial charge in [-0.05, 0) is 183 Å². The van der Waals surface area contributed by atoms with E-state index in [4.69, 9.17) is 10.1 Å². The summed E-state index contributed by atoms with van der Waals surface area (Å²) in [6, 6.07) is 76.7. The number of aryl methyl sites for hydroxylation is 8. The summed E-state index contributed by atoms with van der Waals surface area (Å²) in [7, 11) is 0. The molecule has 0 aliphatic heterocycles. The third-order valence-electron chi connectivity index (χ3n) is 24.4. The second-order valence-electron chi connectivity index (χ2n) is 33.7. The summed E-state index contributed by atoms with van der Waals surface area (Å²) < 4.78 is 144. The van der Waals surface area contributed by atoms with Crippen molar-refractivity contribution in [2.45, 2.75) is 55.4 Å². The molecule has 0 amide bonds. The van der Waals surface area contributed by atoms with Gasteiger partial charge in [-0.25, -0.2) is 93.1 Å². The molecule has 0 saturated heterocycles. The maximum absolute atomic E-state index is 15.9. The van der Waals surface area contributed by atoms with E-state index in [9.17, 15) is 22.0 Å². The van der Waals surface area contributed by atoms with E-state index in [-0.39, 0.29) is 67.9 Å². The van der Waals surface area contributed by atoms with Gasteiger partial charge in [0.2, 0.25) is 0 Å². The van der Waals surface area contributed by atoms with Crippen LogP contribution >= 0.6 is 0 Å². The first-order valence-corrected chi connectivity index (χ1v) is 44.9. The summed E-state index contributed by atoms with van der Waals surface area (Å²) in [6.07, 6.45) is 11.9. The monoisotopic (exact) mass is 1890 g/mol. The van der Waals surface area contributed by atoms with E-state index in [0.29, 0.717) is 77.8 Å². The molecule has 0 saturated carbocycles. The van der Waals surface area contributed by atoms with Crippen LogP contribution in [0, 0.1) is 108 Å². The predicted molar refractivity (Wildman–Crippen MR) is 533 cm³/mol. The van der Waals surface area contributed by atoms with Gasteiger partial charge in [0.25, 0.3) is 0 Å². The molecule has 0 fully saturated rings. The number of aromatic nitrogens is 21. The van der Waals surface area contributed by atoms with Crippen molar-refractivity contribution < 1.29 is 39.5 Å². The van der Waals surface area contributed by atoms with Gasteiger partial charge in [-0.15, -0.1) is 0 Å². The Labute approximate surface area is 802 Å². The first-order chi connectivity index (χ1) is 69.0. The van der Waals surface area contributed by atoms with Crippen LogP contribution in [-0.2, 0) is 0 Å². The van der Waals surface area contributed by atoms with Crippen molar-refractivity contribution in [2.75, 3.05) is 0 Å². The molecule has 0 aliphatic carbocycles. The van der Waals surface area contributed by atoms with E-state index >= 15 is 17.6 Å². The van der Waals surface area contributed by atoms with Crippen LogP contribution in [0.1, 0.15) is 45.7 Å². The highest BCUT2D eigenvalue weighted by Gasteiger charge is 2.30. The molecule has 0 bridgehead atoms. The zero-order valence-corrected chi connectivity index (χ0v) is 76.8. The van der Waals surface area contributed by atoms with Crippen molar-refractivity contribution in [3.05, 3.63) is 414 Å². The van der Waals surface area contributed by atoms with Gasteiger partial charge in [-0.3, -0.25) is 29.5 Å². The lowest BCUT2D eigenvalue weighted by Crippen LogP contribution is -2.06. The average molecular weight is 1890 g/mol. The van der Waals surface area contributed by atoms with Gasteiger partial charge < -0.3 is 0 Å². The molecule has 0 N–H and O–H groups in total. The normalized spacial score (nSPS) is 11.4. The molecule has 15 heterocycles. The fourth-order valence-electron chi connectivity index (χ4n) is 17.7. The lowest BCUT2D eigenvalue weighted by molar-refractivity contribution is 0.604. The number of hydrogen-bond donors (Lipinski definition) is 0. The smallest absolute Gasteiger partial charge is 0.175 e. The van der Waals surface area contributed by atoms with Crippen LogP contribution < -0.4 is 0 Å². The summed E-state index contributed by atoms with van der Waals surface area (Å²) >= 11 is 0. The molecule has 0 unspecified atom stereocenters. The third-order valence-corrected chi connectivity index (χ3v) is 24.4. The minimum atomic E-state index is -0.622. The molecule has 0 atom stereocenters. The lowest BCUT2D eigenvalue weighted by Gasteiger charge is -2.15. The fourth-order valence-corrected chi connectivity index (χ4v) is 17.7. The van der Waals surface area contributed by atoms with E-state index < -0.39 is 46.5 Å². The standard InChI is InChI=1S/2C23H16F2N4.2C22H14F2N4.C22H16FN5/c1-13-11-20-17(14(2)27-13)12-26-29(20)23-16-8-4-6-10-19(16)28-22(21(23)25)15-7-3-5-9-18(15)24;1-13-11-20-17(12-26-13)14(2)28-29(20)23-16-8-4-6-10-19(16)27-22(21(23)25)15-7-3-5-9-18(15)24;1-13-10-19-14(11-25-13)12-26-28(19)22-16-7-3-5-9-18(16)27-21(20(22)24)15-6-2-4-8-17(15)23;1-13-26-18-12-25-11-10-19(18)28(13)22-15-7-3-5-9-17(15)27-21(20(22)24)14-6-2-4-8-16(14)23;1-13-11-20-17(12-24-13)14(2)27-28(20)22-16-8-4-6-10-19(16)25-21(26-22)15-7-3-5-9-18(15)23/h2*3-12H,1-2H3;2*2-12H,1H3;3-12H,1-2H3. The zero-order valence-electron chi connectivity index (χ0n) is 76.8. The number of para-hydroxylation sites is 5. The molecule has 25 rings (SSSR count). The molecule has 0 radical (unpaired) electrons. The average Bonchev–Trinajstić information content (AvgIpc) is 1.51. The maximum atomic E-state index is 15.9. The predicted octanol–water partition coefficient (Wildman–Crippen LogP) is 26.3. The highest BCUT2D eigenvalue weighted by Crippen LogP contribution is 2.42. The van der Waals surface area contributed by atoms with Crippen LogP contribution in [0.25, 0.3) is 194 Å². The topological polar surface area (TPSA) is 231 Å². The maximum Gasteiger partial charge on any atom is 0.175 e. The molecular formula is C112H76F9N21. The summed E-state index contributed by atoms with van der Waals surface area (Å²) in [5, 5.41) is 24.8. The number of pyridine rings is 9. The van der Waals surface area contributed by atoms with E-state index in [1.165, 1.54) is 59.3 Å². The Morgan fingerprint density at radius 2 is 0.585 bits per heavy atom. The van der Waals surface area contributed by atoms with Crippen LogP contribution in [0.5, 0.6) is 0 Å². The van der Waals surface area contributed by atoms with E-state index in [1.54, 1.807) is 184 Å². The van der Waals surface area contributed by atoms with Gasteiger partial charge in [0.15, 0.2) is 34.9 Å². The van der Waals surface area contributed by atoms with Gasteiger partial charge >= 0.3 is 0 Å². The Balaban J connectivity index is 0.000000105. The minimum absolute atomic E-state index is 0.0258. The van der Waals surface area contributed by atoms with E-state index in [2.05, 4.69) is 70.1 Å².